The van der Waals surface area contributed by atoms with Crippen molar-refractivity contribution >= 4 is 22.3 Å². The Labute approximate surface area is 136 Å². The molecule has 0 aliphatic heterocycles. The van der Waals surface area contributed by atoms with E-state index in [9.17, 15) is 9.59 Å². The number of Topliss-reactive ketones (excluding diaryl/α,β-unsaturated/α-hetero) is 1. The summed E-state index contributed by atoms with van der Waals surface area (Å²) in [7, 11) is 1.96. The van der Waals surface area contributed by atoms with Crippen molar-refractivity contribution < 1.29 is 4.79 Å². The number of hydrogen-bond donors (Lipinski definition) is 1. The van der Waals surface area contributed by atoms with E-state index in [1.165, 1.54) is 6.92 Å². The largest absolute Gasteiger partial charge is 0.380 e. The van der Waals surface area contributed by atoms with E-state index in [2.05, 4.69) is 23.8 Å². The summed E-state index contributed by atoms with van der Waals surface area (Å²) in [6.07, 6.45) is 2.14. The first-order chi connectivity index (χ1) is 10.9. The fourth-order valence-electron chi connectivity index (χ4n) is 2.59. The summed E-state index contributed by atoms with van der Waals surface area (Å²) < 4.78 is 0. The Morgan fingerprint density at radius 1 is 1.35 bits per heavy atom. The van der Waals surface area contributed by atoms with Gasteiger partial charge in [-0.15, -0.1) is 0 Å². The highest BCUT2D eigenvalue weighted by atomic mass is 16.1. The van der Waals surface area contributed by atoms with Gasteiger partial charge in [0, 0.05) is 31.8 Å². The van der Waals surface area contributed by atoms with Gasteiger partial charge in [-0.25, -0.2) is 4.98 Å². The molecular formula is C18H23N3O2. The van der Waals surface area contributed by atoms with Gasteiger partial charge in [-0.2, -0.15) is 0 Å². The molecule has 0 spiro atoms. The van der Waals surface area contributed by atoms with Gasteiger partial charge in [-0.3, -0.25) is 9.59 Å². The van der Waals surface area contributed by atoms with E-state index in [0.717, 1.165) is 12.1 Å². The van der Waals surface area contributed by atoms with Crippen LogP contribution in [0, 0.1) is 5.92 Å². The molecule has 2 rings (SSSR count). The maximum absolute atomic E-state index is 12.2. The highest BCUT2D eigenvalue weighted by molar-refractivity contribution is 5.88. The smallest absolute Gasteiger partial charge is 0.259 e. The second-order valence-electron chi connectivity index (χ2n) is 6.30. The SMILES string of the molecule is CC(=O)C/C(=C\N(C)CC(C)C)c1nc2ccccc2c(=O)[nH]1. The molecule has 1 N–H and O–H groups in total. The molecule has 5 nitrogen and oxygen atoms in total. The van der Waals surface area contributed by atoms with E-state index in [1.807, 2.05) is 30.3 Å². The van der Waals surface area contributed by atoms with Crippen molar-refractivity contribution in [3.8, 4) is 0 Å². The molecule has 1 aromatic heterocycles. The van der Waals surface area contributed by atoms with Gasteiger partial charge in [-0.1, -0.05) is 26.0 Å². The average Bonchev–Trinajstić information content (AvgIpc) is 2.45. The second kappa shape index (κ2) is 7.22. The molecule has 0 radical (unpaired) electrons. The monoisotopic (exact) mass is 313 g/mol. The van der Waals surface area contributed by atoms with Crippen LogP contribution in [-0.2, 0) is 4.79 Å². The van der Waals surface area contributed by atoms with Crippen molar-refractivity contribution in [2.24, 2.45) is 5.92 Å². The summed E-state index contributed by atoms with van der Waals surface area (Å²) in [6.45, 7) is 6.66. The number of carbonyl (C=O) groups excluding carboxylic acids is 1. The molecule has 0 fully saturated rings. The number of benzene rings is 1. The van der Waals surface area contributed by atoms with Gasteiger partial charge >= 0.3 is 0 Å². The lowest BCUT2D eigenvalue weighted by molar-refractivity contribution is -0.116. The van der Waals surface area contributed by atoms with Crippen LogP contribution in [0.2, 0.25) is 0 Å². The van der Waals surface area contributed by atoms with E-state index in [1.54, 1.807) is 12.1 Å². The quantitative estimate of drug-likeness (QED) is 0.890. The predicted octanol–water partition coefficient (Wildman–Crippen LogP) is 2.83. The molecule has 0 bridgehead atoms. The minimum Gasteiger partial charge on any atom is -0.380 e. The van der Waals surface area contributed by atoms with E-state index in [0.29, 0.717) is 22.6 Å². The van der Waals surface area contributed by atoms with Crippen LogP contribution in [0.4, 0.5) is 0 Å². The molecule has 0 amide bonds. The molecule has 23 heavy (non-hydrogen) atoms. The van der Waals surface area contributed by atoms with Gasteiger partial charge in [0.15, 0.2) is 0 Å². The Bertz CT molecular complexity index is 790. The van der Waals surface area contributed by atoms with E-state index >= 15 is 0 Å². The fraction of sp³-hybridized carbons (Fsp3) is 0.389. The molecule has 0 saturated carbocycles. The third kappa shape index (κ3) is 4.52. The summed E-state index contributed by atoms with van der Waals surface area (Å²) in [6, 6.07) is 7.20. The zero-order valence-electron chi connectivity index (χ0n) is 14.1. The molecule has 1 aromatic carbocycles. The van der Waals surface area contributed by atoms with E-state index < -0.39 is 0 Å². The van der Waals surface area contributed by atoms with Crippen LogP contribution in [0.25, 0.3) is 16.5 Å². The lowest BCUT2D eigenvalue weighted by atomic mass is 10.1. The molecule has 122 valence electrons. The Balaban J connectivity index is 2.49. The maximum Gasteiger partial charge on any atom is 0.259 e. The van der Waals surface area contributed by atoms with Crippen molar-refractivity contribution in [3.63, 3.8) is 0 Å². The number of nitrogens with one attached hydrogen (secondary N) is 1. The van der Waals surface area contributed by atoms with Crippen LogP contribution < -0.4 is 5.56 Å². The standard InChI is InChI=1S/C18H23N3O2/c1-12(2)10-21(4)11-14(9-13(3)22)17-19-16-8-6-5-7-15(16)18(23)20-17/h5-8,11-12H,9-10H2,1-4H3,(H,19,20,23)/b14-11+. The van der Waals surface area contributed by atoms with Gasteiger partial charge in [0.25, 0.3) is 5.56 Å². The van der Waals surface area contributed by atoms with Crippen LogP contribution in [0.1, 0.15) is 33.0 Å². The van der Waals surface area contributed by atoms with Crippen LogP contribution in [-0.4, -0.2) is 34.2 Å². The molecule has 0 atom stereocenters. The first kappa shape index (κ1) is 16.9. The molecule has 0 saturated heterocycles. The molecular weight excluding hydrogens is 290 g/mol. The number of carbonyl (C=O) groups is 1. The van der Waals surface area contributed by atoms with Gasteiger partial charge in [-0.05, 0) is 25.0 Å². The van der Waals surface area contributed by atoms with Gasteiger partial charge in [0.05, 0.1) is 10.9 Å². The van der Waals surface area contributed by atoms with Gasteiger partial charge in [0.2, 0.25) is 0 Å². The van der Waals surface area contributed by atoms with Crippen LogP contribution in [0.3, 0.4) is 0 Å². The summed E-state index contributed by atoms with van der Waals surface area (Å²) in [5.74, 6) is 0.989. The summed E-state index contributed by atoms with van der Waals surface area (Å²) >= 11 is 0. The highest BCUT2D eigenvalue weighted by Gasteiger charge is 2.11. The number of ketones is 1. The molecule has 0 aliphatic carbocycles. The number of allylic oxidation sites excluding steroid dienone is 1. The number of aromatic amines is 1. The number of H-pyrrole nitrogens is 1. The predicted molar refractivity (Wildman–Crippen MR) is 93.1 cm³/mol. The van der Waals surface area contributed by atoms with Crippen molar-refractivity contribution in [1.82, 2.24) is 14.9 Å². The lowest BCUT2D eigenvalue weighted by Crippen LogP contribution is -2.19. The second-order valence-corrected chi connectivity index (χ2v) is 6.30. The zero-order chi connectivity index (χ0) is 17.0. The van der Waals surface area contributed by atoms with Crippen LogP contribution in [0.15, 0.2) is 35.3 Å². The number of fused-ring (bicyclic) bond motifs is 1. The summed E-state index contributed by atoms with van der Waals surface area (Å²) in [5.41, 5.74) is 1.17. The summed E-state index contributed by atoms with van der Waals surface area (Å²) in [4.78, 5) is 33.2. The number of nitrogens with zero attached hydrogens (tertiary/aromatic N) is 2. The topological polar surface area (TPSA) is 66.1 Å². The third-order valence-corrected chi connectivity index (χ3v) is 3.39. The van der Waals surface area contributed by atoms with Crippen molar-refractivity contribution in [1.29, 1.82) is 0 Å². The number of rotatable bonds is 6. The van der Waals surface area contributed by atoms with Crippen molar-refractivity contribution in [3.05, 3.63) is 46.6 Å². The van der Waals surface area contributed by atoms with Crippen molar-refractivity contribution in [2.45, 2.75) is 27.2 Å². The first-order valence-corrected chi connectivity index (χ1v) is 7.76. The zero-order valence-corrected chi connectivity index (χ0v) is 14.1. The van der Waals surface area contributed by atoms with Crippen molar-refractivity contribution in [2.75, 3.05) is 13.6 Å². The van der Waals surface area contributed by atoms with Gasteiger partial charge < -0.3 is 9.88 Å². The normalized spacial score (nSPS) is 12.0. The highest BCUT2D eigenvalue weighted by Crippen LogP contribution is 2.17. The number of aromatic nitrogens is 2. The minimum absolute atomic E-state index is 0.0324. The number of hydrogen-bond acceptors (Lipinski definition) is 4. The Morgan fingerprint density at radius 3 is 2.70 bits per heavy atom. The summed E-state index contributed by atoms with van der Waals surface area (Å²) in [5, 5.41) is 0.550. The molecule has 5 heteroatoms. The third-order valence-electron chi connectivity index (χ3n) is 3.39. The first-order valence-electron chi connectivity index (χ1n) is 7.76. The van der Waals surface area contributed by atoms with E-state index in [4.69, 9.17) is 0 Å². The van der Waals surface area contributed by atoms with Gasteiger partial charge in [0.1, 0.15) is 11.6 Å². The molecule has 1 heterocycles. The molecule has 2 aromatic rings. The molecule has 0 aliphatic rings. The maximum atomic E-state index is 12.2. The van der Waals surface area contributed by atoms with E-state index in [-0.39, 0.29) is 17.8 Å². The Hall–Kier alpha value is -2.43. The minimum atomic E-state index is -0.188. The van der Waals surface area contributed by atoms with Crippen LogP contribution in [0.5, 0.6) is 0 Å². The van der Waals surface area contributed by atoms with Crippen LogP contribution >= 0.6 is 0 Å². The number of para-hydroxylation sites is 1. The Kier molecular flexibility index (Phi) is 5.32. The average molecular weight is 313 g/mol. The molecule has 0 unspecified atom stereocenters. The Morgan fingerprint density at radius 2 is 2.04 bits per heavy atom. The fourth-order valence-corrected chi connectivity index (χ4v) is 2.59. The lowest BCUT2D eigenvalue weighted by Gasteiger charge is -2.18.